The van der Waals surface area contributed by atoms with Crippen molar-refractivity contribution in [3.8, 4) is 11.4 Å². The van der Waals surface area contributed by atoms with Crippen molar-refractivity contribution in [1.82, 2.24) is 9.13 Å². The molecule has 3 aromatic heterocycles. The number of hydrogen-bond donors (Lipinski definition) is 0. The first kappa shape index (κ1) is 31.2. The maximum Gasteiger partial charge on any atom is 0.0555 e. The van der Waals surface area contributed by atoms with Crippen molar-refractivity contribution in [2.45, 2.75) is 0 Å². The van der Waals surface area contributed by atoms with Crippen LogP contribution < -0.4 is 4.90 Å². The van der Waals surface area contributed by atoms with E-state index >= 15 is 0 Å². The summed E-state index contributed by atoms with van der Waals surface area (Å²) < 4.78 is 7.46. The summed E-state index contributed by atoms with van der Waals surface area (Å²) in [4.78, 5) is 2.44. The maximum absolute atomic E-state index is 2.44. The molecule has 0 saturated carbocycles. The molecule has 0 atom stereocenters. The van der Waals surface area contributed by atoms with Gasteiger partial charge in [0, 0.05) is 70.2 Å². The minimum absolute atomic E-state index is 1.11. The molecule has 0 amide bonds. The fraction of sp³-hybridized carbons (Fsp3) is 0. The summed E-state index contributed by atoms with van der Waals surface area (Å²) in [5.41, 5.74) is 10.5. The van der Waals surface area contributed by atoms with Crippen molar-refractivity contribution in [3.05, 3.63) is 200 Å². The molecule has 0 fully saturated rings. The van der Waals surface area contributed by atoms with Gasteiger partial charge >= 0.3 is 0 Å². The lowest BCUT2D eigenvalue weighted by Gasteiger charge is -2.26. The molecule has 12 aromatic rings. The minimum Gasteiger partial charge on any atom is -0.310 e. The molecule has 3 heterocycles. The Morgan fingerprint density at radius 1 is 0.339 bits per heavy atom. The highest BCUT2D eigenvalue weighted by atomic mass is 32.1. The van der Waals surface area contributed by atoms with E-state index in [0.29, 0.717) is 0 Å². The van der Waals surface area contributed by atoms with Crippen LogP contribution in [0.4, 0.5) is 17.1 Å². The van der Waals surface area contributed by atoms with Crippen LogP contribution in [0.5, 0.6) is 0 Å². The number of aromatic nitrogens is 2. The minimum atomic E-state index is 1.11. The second-order valence-electron chi connectivity index (χ2n) is 14.6. The molecule has 3 nitrogen and oxygen atoms in total. The molecule has 9 aromatic carbocycles. The highest BCUT2D eigenvalue weighted by molar-refractivity contribution is 7.26. The zero-order valence-electron chi connectivity index (χ0n) is 30.3. The fourth-order valence-electron chi connectivity index (χ4n) is 8.99. The molecule has 0 spiro atoms. The van der Waals surface area contributed by atoms with Gasteiger partial charge < -0.3 is 14.0 Å². The predicted molar refractivity (Wildman–Crippen MR) is 240 cm³/mol. The number of nitrogens with zero attached hydrogens (tertiary/aromatic N) is 3. The van der Waals surface area contributed by atoms with Gasteiger partial charge in [-0.15, -0.1) is 11.3 Å². The first-order valence-corrected chi connectivity index (χ1v) is 19.9. The molecule has 4 heteroatoms. The van der Waals surface area contributed by atoms with Crippen LogP contribution in [-0.2, 0) is 0 Å². The lowest BCUT2D eigenvalue weighted by Crippen LogP contribution is -2.10. The second kappa shape index (κ2) is 12.2. The molecule has 12 rings (SSSR count). The van der Waals surface area contributed by atoms with Gasteiger partial charge in [0.05, 0.1) is 22.1 Å². The molecule has 0 aliphatic rings. The lowest BCUT2D eigenvalue weighted by molar-refractivity contribution is 1.18. The quantitative estimate of drug-likeness (QED) is 0.172. The number of anilines is 3. The van der Waals surface area contributed by atoms with Crippen molar-refractivity contribution in [2.75, 3.05) is 4.90 Å². The Hall–Kier alpha value is -7.14. The fourth-order valence-corrected chi connectivity index (χ4v) is 10.2. The van der Waals surface area contributed by atoms with Crippen LogP contribution in [0.25, 0.3) is 85.9 Å². The summed E-state index contributed by atoms with van der Waals surface area (Å²) in [5.74, 6) is 0. The first-order valence-electron chi connectivity index (χ1n) is 19.1. The van der Waals surface area contributed by atoms with E-state index in [4.69, 9.17) is 0 Å². The van der Waals surface area contributed by atoms with Crippen LogP contribution in [-0.4, -0.2) is 9.13 Å². The topological polar surface area (TPSA) is 13.1 Å². The van der Waals surface area contributed by atoms with Crippen molar-refractivity contribution in [3.63, 3.8) is 0 Å². The second-order valence-corrected chi connectivity index (χ2v) is 15.6. The van der Waals surface area contributed by atoms with Crippen LogP contribution in [0.15, 0.2) is 200 Å². The molecule has 0 unspecified atom stereocenters. The SMILES string of the molecule is c1ccc(-n2c3ccccc3c3cc(N(c4ccc5ccccc5c4)c4ccc5c(c4)c4c6sc7ccccc7c6ccc4n5-c4ccccc4)ccc32)cc1. The van der Waals surface area contributed by atoms with Gasteiger partial charge in [0.1, 0.15) is 0 Å². The van der Waals surface area contributed by atoms with E-state index < -0.39 is 0 Å². The van der Waals surface area contributed by atoms with E-state index in [2.05, 4.69) is 214 Å². The average molecular weight is 732 g/mol. The van der Waals surface area contributed by atoms with Crippen LogP contribution in [0.1, 0.15) is 0 Å². The summed E-state index contributed by atoms with van der Waals surface area (Å²) in [6.45, 7) is 0. The van der Waals surface area contributed by atoms with E-state index in [0.717, 1.165) is 28.4 Å². The summed E-state index contributed by atoms with van der Waals surface area (Å²) in [5, 5.41) is 10.1. The molecule has 0 aliphatic carbocycles. The van der Waals surface area contributed by atoms with Gasteiger partial charge in [0.2, 0.25) is 0 Å². The zero-order chi connectivity index (χ0) is 36.7. The third kappa shape index (κ3) is 4.63. The van der Waals surface area contributed by atoms with Gasteiger partial charge in [-0.3, -0.25) is 0 Å². The smallest absolute Gasteiger partial charge is 0.0555 e. The predicted octanol–water partition coefficient (Wildman–Crippen LogP) is 14.9. The third-order valence-corrected chi connectivity index (χ3v) is 12.7. The van der Waals surface area contributed by atoms with Crippen molar-refractivity contribution in [2.24, 2.45) is 0 Å². The first-order chi connectivity index (χ1) is 27.8. The van der Waals surface area contributed by atoms with Gasteiger partial charge in [-0.1, -0.05) is 109 Å². The Bertz CT molecular complexity index is 3480. The monoisotopic (exact) mass is 731 g/mol. The van der Waals surface area contributed by atoms with E-state index in [1.807, 2.05) is 11.3 Å². The molecule has 0 aliphatic heterocycles. The van der Waals surface area contributed by atoms with E-state index in [1.165, 1.54) is 74.6 Å². The molecular weight excluding hydrogens is 699 g/mol. The van der Waals surface area contributed by atoms with Crippen molar-refractivity contribution in [1.29, 1.82) is 0 Å². The molecule has 0 bridgehead atoms. The summed E-state index contributed by atoms with van der Waals surface area (Å²) in [6, 6.07) is 73.2. The Morgan fingerprint density at radius 3 is 1.64 bits per heavy atom. The Balaban J connectivity index is 1.15. The van der Waals surface area contributed by atoms with Crippen molar-refractivity contribution < 1.29 is 0 Å². The Kier molecular flexibility index (Phi) is 6.80. The van der Waals surface area contributed by atoms with E-state index in [1.54, 1.807) is 0 Å². The van der Waals surface area contributed by atoms with E-state index in [9.17, 15) is 0 Å². The number of hydrogen-bond acceptors (Lipinski definition) is 2. The molecule has 0 saturated heterocycles. The van der Waals surface area contributed by atoms with Crippen LogP contribution in [0.2, 0.25) is 0 Å². The molecule has 56 heavy (non-hydrogen) atoms. The Morgan fingerprint density at radius 2 is 0.875 bits per heavy atom. The Labute approximate surface area is 327 Å². The zero-order valence-corrected chi connectivity index (χ0v) is 31.1. The summed E-state index contributed by atoms with van der Waals surface area (Å²) in [7, 11) is 0. The number of thiophene rings is 1. The highest BCUT2D eigenvalue weighted by Crippen LogP contribution is 2.46. The molecule has 0 radical (unpaired) electrons. The van der Waals surface area contributed by atoms with Crippen LogP contribution in [0, 0.1) is 0 Å². The van der Waals surface area contributed by atoms with Gasteiger partial charge in [-0.05, 0) is 102 Å². The third-order valence-electron chi connectivity index (χ3n) is 11.4. The van der Waals surface area contributed by atoms with Gasteiger partial charge in [-0.25, -0.2) is 0 Å². The van der Waals surface area contributed by atoms with Crippen molar-refractivity contribution >= 4 is 103 Å². The lowest BCUT2D eigenvalue weighted by atomic mass is 10.1. The largest absolute Gasteiger partial charge is 0.310 e. The van der Waals surface area contributed by atoms with Gasteiger partial charge in [0.15, 0.2) is 0 Å². The maximum atomic E-state index is 2.44. The number of rotatable bonds is 5. The van der Waals surface area contributed by atoms with Crippen LogP contribution in [0.3, 0.4) is 0 Å². The van der Waals surface area contributed by atoms with Gasteiger partial charge in [-0.2, -0.15) is 0 Å². The normalized spacial score (nSPS) is 11.9. The standard InChI is InChI=1S/C52H33N3S/c1-3-15-36(16-4-1)54-46-21-11-9-19-41(46)44-32-39(25-28-47(44)54)53(38-24-23-34-13-7-8-14-35(34)31-38)40-26-29-48-45(33-40)51-49(55(48)37-17-5-2-6-18-37)30-27-43-42-20-10-12-22-50(42)56-52(43)51/h1-33H. The number of para-hydroxylation sites is 3. The summed E-state index contributed by atoms with van der Waals surface area (Å²) >= 11 is 1.90. The number of fused-ring (bicyclic) bond motifs is 11. The molecule has 262 valence electrons. The highest BCUT2D eigenvalue weighted by Gasteiger charge is 2.22. The average Bonchev–Trinajstić information content (AvgIpc) is 3.92. The molecular formula is C52H33N3S. The molecule has 0 N–H and O–H groups in total. The van der Waals surface area contributed by atoms with Gasteiger partial charge in [0.25, 0.3) is 0 Å². The number of benzene rings is 9. The summed E-state index contributed by atoms with van der Waals surface area (Å²) in [6.07, 6.45) is 0. The van der Waals surface area contributed by atoms with Crippen LogP contribution >= 0.6 is 11.3 Å². The van der Waals surface area contributed by atoms with E-state index in [-0.39, 0.29) is 0 Å².